The largest absolute Gasteiger partial charge is 0.117 e. The van der Waals surface area contributed by atoms with Crippen LogP contribution < -0.4 is 0 Å². The van der Waals surface area contributed by atoms with Crippen molar-refractivity contribution in [3.63, 3.8) is 0 Å². The van der Waals surface area contributed by atoms with E-state index in [1.165, 1.54) is 11.1 Å². The summed E-state index contributed by atoms with van der Waals surface area (Å²) in [7, 11) is 0. The van der Waals surface area contributed by atoms with Gasteiger partial charge in [-0.2, -0.15) is 0 Å². The highest BCUT2D eigenvalue weighted by Crippen LogP contribution is 2.38. The molecule has 1 aromatic carbocycles. The Balaban J connectivity index is 3.08. The molecule has 0 aliphatic rings. The van der Waals surface area contributed by atoms with Crippen LogP contribution in [0.25, 0.3) is 0 Å². The maximum absolute atomic E-state index is 6.50. The predicted molar refractivity (Wildman–Crippen MR) is 73.5 cm³/mol. The maximum atomic E-state index is 6.50. The van der Waals surface area contributed by atoms with Crippen LogP contribution in [0.5, 0.6) is 0 Å². The van der Waals surface area contributed by atoms with Crippen LogP contribution in [0.2, 0.25) is 5.02 Å². The number of aryl methyl sites for hydroxylation is 2. The van der Waals surface area contributed by atoms with Gasteiger partial charge in [-0.3, -0.25) is 0 Å². The molecule has 0 aliphatic heterocycles. The summed E-state index contributed by atoms with van der Waals surface area (Å²) < 4.78 is 0. The van der Waals surface area contributed by atoms with Gasteiger partial charge in [0.15, 0.2) is 0 Å². The van der Waals surface area contributed by atoms with Crippen molar-refractivity contribution in [3.8, 4) is 0 Å². The molecule has 0 aromatic heterocycles. The van der Waals surface area contributed by atoms with Gasteiger partial charge < -0.3 is 0 Å². The van der Waals surface area contributed by atoms with Crippen molar-refractivity contribution in [1.29, 1.82) is 0 Å². The highest BCUT2D eigenvalue weighted by atomic mass is 35.5. The van der Waals surface area contributed by atoms with E-state index in [0.717, 1.165) is 10.6 Å². The van der Waals surface area contributed by atoms with Crippen LogP contribution in [0.1, 0.15) is 42.8 Å². The third kappa shape index (κ3) is 2.93. The van der Waals surface area contributed by atoms with Crippen molar-refractivity contribution in [2.24, 2.45) is 11.8 Å². The zero-order valence-electron chi connectivity index (χ0n) is 10.6. The quantitative estimate of drug-likeness (QED) is 0.626. The van der Waals surface area contributed by atoms with Crippen molar-refractivity contribution >= 4 is 23.2 Å². The number of alkyl halides is 1. The van der Waals surface area contributed by atoms with Crippen LogP contribution in [-0.4, -0.2) is 0 Å². The zero-order valence-corrected chi connectivity index (χ0v) is 12.2. The third-order valence-electron chi connectivity index (χ3n) is 3.42. The fourth-order valence-corrected chi connectivity index (χ4v) is 2.50. The Morgan fingerprint density at radius 2 is 1.50 bits per heavy atom. The molecule has 90 valence electrons. The van der Waals surface area contributed by atoms with Gasteiger partial charge in [0.1, 0.15) is 0 Å². The van der Waals surface area contributed by atoms with Crippen molar-refractivity contribution in [1.82, 2.24) is 0 Å². The van der Waals surface area contributed by atoms with Gasteiger partial charge >= 0.3 is 0 Å². The fourth-order valence-electron chi connectivity index (χ4n) is 1.64. The van der Waals surface area contributed by atoms with Gasteiger partial charge in [-0.1, -0.05) is 38.4 Å². The second-order valence-corrected chi connectivity index (χ2v) is 5.84. The average molecular weight is 259 g/mol. The fraction of sp³-hybridized carbons (Fsp3) is 0.571. The van der Waals surface area contributed by atoms with Crippen LogP contribution in [0.15, 0.2) is 12.1 Å². The minimum absolute atomic E-state index is 0.00759. The second kappa shape index (κ2) is 5.42. The number of halogens is 2. The van der Waals surface area contributed by atoms with Gasteiger partial charge in [0.25, 0.3) is 0 Å². The molecular formula is C14H20Cl2. The standard InChI is InChI=1S/C14H20Cl2/c1-8(2)11(5)14(16)12-6-9(3)10(4)7-13(12)15/h6-8,11,14H,1-5H3. The molecule has 0 saturated heterocycles. The number of rotatable bonds is 3. The molecule has 0 heterocycles. The number of benzene rings is 1. The topological polar surface area (TPSA) is 0 Å². The molecule has 2 heteroatoms. The van der Waals surface area contributed by atoms with E-state index < -0.39 is 0 Å². The Kier molecular flexibility index (Phi) is 4.70. The second-order valence-electron chi connectivity index (χ2n) is 4.96. The third-order valence-corrected chi connectivity index (χ3v) is 4.38. The average Bonchev–Trinajstić information content (AvgIpc) is 2.21. The van der Waals surface area contributed by atoms with E-state index in [1.54, 1.807) is 0 Å². The molecule has 0 N–H and O–H groups in total. The normalized spacial score (nSPS) is 15.2. The summed E-state index contributed by atoms with van der Waals surface area (Å²) in [5.41, 5.74) is 3.53. The monoisotopic (exact) mass is 258 g/mol. The molecule has 0 fully saturated rings. The van der Waals surface area contributed by atoms with Gasteiger partial charge in [0.2, 0.25) is 0 Å². The lowest BCUT2D eigenvalue weighted by Gasteiger charge is -2.23. The summed E-state index contributed by atoms with van der Waals surface area (Å²) in [6, 6.07) is 4.13. The smallest absolute Gasteiger partial charge is 0.0627 e. The maximum Gasteiger partial charge on any atom is 0.0627 e. The van der Waals surface area contributed by atoms with Gasteiger partial charge in [0.05, 0.1) is 5.38 Å². The summed E-state index contributed by atoms with van der Waals surface area (Å²) >= 11 is 12.8. The predicted octanol–water partition coefficient (Wildman–Crippen LogP) is 5.53. The lowest BCUT2D eigenvalue weighted by molar-refractivity contribution is 0.406. The lowest BCUT2D eigenvalue weighted by atomic mass is 9.89. The van der Waals surface area contributed by atoms with Crippen LogP contribution in [0, 0.1) is 25.7 Å². The molecule has 0 spiro atoms. The first-order valence-corrected chi connectivity index (χ1v) is 6.56. The Bertz CT molecular complexity index is 369. The molecule has 0 amide bonds. The molecule has 1 aromatic rings. The Morgan fingerprint density at radius 1 is 1.00 bits per heavy atom. The van der Waals surface area contributed by atoms with Crippen molar-refractivity contribution in [2.75, 3.05) is 0 Å². The Hall–Kier alpha value is -0.200. The van der Waals surface area contributed by atoms with E-state index in [0.29, 0.717) is 11.8 Å². The van der Waals surface area contributed by atoms with E-state index in [9.17, 15) is 0 Å². The van der Waals surface area contributed by atoms with E-state index >= 15 is 0 Å². The minimum atomic E-state index is -0.00759. The molecule has 2 atom stereocenters. The summed E-state index contributed by atoms with van der Waals surface area (Å²) in [5, 5.41) is 0.780. The zero-order chi connectivity index (χ0) is 12.5. The van der Waals surface area contributed by atoms with Crippen molar-refractivity contribution in [2.45, 2.75) is 40.0 Å². The molecule has 0 nitrogen and oxygen atoms in total. The van der Waals surface area contributed by atoms with Crippen LogP contribution in [0.4, 0.5) is 0 Å². The van der Waals surface area contributed by atoms with E-state index in [-0.39, 0.29) is 5.38 Å². The van der Waals surface area contributed by atoms with E-state index in [2.05, 4.69) is 40.7 Å². The van der Waals surface area contributed by atoms with Crippen LogP contribution in [0.3, 0.4) is 0 Å². The first-order chi connectivity index (χ1) is 7.34. The molecule has 2 unspecified atom stereocenters. The molecular weight excluding hydrogens is 239 g/mol. The van der Waals surface area contributed by atoms with E-state index in [1.807, 2.05) is 6.07 Å². The molecule has 0 radical (unpaired) electrons. The SMILES string of the molecule is Cc1cc(Cl)c(C(Cl)C(C)C(C)C)cc1C. The molecule has 0 bridgehead atoms. The minimum Gasteiger partial charge on any atom is -0.117 e. The number of hydrogen-bond donors (Lipinski definition) is 0. The van der Waals surface area contributed by atoms with Crippen molar-refractivity contribution < 1.29 is 0 Å². The van der Waals surface area contributed by atoms with Crippen molar-refractivity contribution in [3.05, 3.63) is 33.8 Å². The first-order valence-electron chi connectivity index (χ1n) is 5.75. The van der Waals surface area contributed by atoms with Gasteiger partial charge in [-0.05, 0) is 48.4 Å². The molecule has 16 heavy (non-hydrogen) atoms. The highest BCUT2D eigenvalue weighted by Gasteiger charge is 2.22. The number of hydrogen-bond acceptors (Lipinski definition) is 0. The van der Waals surface area contributed by atoms with Crippen LogP contribution in [-0.2, 0) is 0 Å². The summed E-state index contributed by atoms with van der Waals surface area (Å²) in [6.07, 6.45) is 0. The van der Waals surface area contributed by atoms with Gasteiger partial charge in [-0.25, -0.2) is 0 Å². The first kappa shape index (κ1) is 13.9. The summed E-state index contributed by atoms with van der Waals surface area (Å²) in [5.74, 6) is 0.974. The molecule has 1 rings (SSSR count). The van der Waals surface area contributed by atoms with Gasteiger partial charge in [-0.15, -0.1) is 11.6 Å². The summed E-state index contributed by atoms with van der Waals surface area (Å²) in [6.45, 7) is 10.7. The summed E-state index contributed by atoms with van der Waals surface area (Å²) in [4.78, 5) is 0. The van der Waals surface area contributed by atoms with Crippen LogP contribution >= 0.6 is 23.2 Å². The molecule has 0 aliphatic carbocycles. The van der Waals surface area contributed by atoms with Gasteiger partial charge in [0, 0.05) is 5.02 Å². The lowest BCUT2D eigenvalue weighted by Crippen LogP contribution is -2.11. The highest BCUT2D eigenvalue weighted by molar-refractivity contribution is 6.32. The Morgan fingerprint density at radius 3 is 2.00 bits per heavy atom. The Labute approximate surface area is 109 Å². The molecule has 0 saturated carbocycles. The van der Waals surface area contributed by atoms with E-state index in [4.69, 9.17) is 23.2 Å².